The number of para-hydroxylation sites is 1. The molecule has 3 nitrogen and oxygen atoms in total. The summed E-state index contributed by atoms with van der Waals surface area (Å²) >= 11 is 5.99. The molecular formula is C23H20ClFN2O. The van der Waals surface area contributed by atoms with Crippen molar-refractivity contribution in [2.24, 2.45) is 0 Å². The fourth-order valence-corrected chi connectivity index (χ4v) is 3.86. The number of nitrogens with zero attached hydrogens (tertiary/aromatic N) is 1. The topological polar surface area (TPSA) is 32.3 Å². The maximum Gasteiger partial charge on any atom is 0.258 e. The zero-order chi connectivity index (χ0) is 19.7. The summed E-state index contributed by atoms with van der Waals surface area (Å²) < 4.78 is 13.2. The average Bonchev–Trinajstić information content (AvgIpc) is 2.70. The number of rotatable bonds is 3. The molecule has 0 bridgehead atoms. The van der Waals surface area contributed by atoms with Crippen molar-refractivity contribution in [3.63, 3.8) is 0 Å². The Morgan fingerprint density at radius 1 is 1.04 bits per heavy atom. The van der Waals surface area contributed by atoms with Crippen LogP contribution in [0.15, 0.2) is 72.8 Å². The molecule has 0 fully saturated rings. The summed E-state index contributed by atoms with van der Waals surface area (Å²) in [5.41, 5.74) is 3.40. The van der Waals surface area contributed by atoms with Crippen molar-refractivity contribution < 1.29 is 9.18 Å². The van der Waals surface area contributed by atoms with Crippen LogP contribution in [0, 0.1) is 5.82 Å². The number of anilines is 2. The normalized spacial score (nSPS) is 18.5. The number of carbonyl (C=O) groups is 1. The van der Waals surface area contributed by atoms with Crippen molar-refractivity contribution in [2.45, 2.75) is 25.4 Å². The van der Waals surface area contributed by atoms with Gasteiger partial charge in [-0.2, -0.15) is 0 Å². The highest BCUT2D eigenvalue weighted by Gasteiger charge is 2.34. The zero-order valence-corrected chi connectivity index (χ0v) is 16.2. The fourth-order valence-electron chi connectivity index (χ4n) is 3.74. The van der Waals surface area contributed by atoms with Crippen LogP contribution in [0.4, 0.5) is 15.8 Å². The van der Waals surface area contributed by atoms with Gasteiger partial charge in [0.05, 0.1) is 6.04 Å². The predicted molar refractivity (Wildman–Crippen MR) is 112 cm³/mol. The van der Waals surface area contributed by atoms with Gasteiger partial charge in [0.25, 0.3) is 5.91 Å². The Morgan fingerprint density at radius 3 is 2.43 bits per heavy atom. The second-order valence-electron chi connectivity index (χ2n) is 7.03. The maximum atomic E-state index is 13.2. The Morgan fingerprint density at radius 2 is 1.71 bits per heavy atom. The summed E-state index contributed by atoms with van der Waals surface area (Å²) in [7, 11) is 0. The molecule has 3 aromatic carbocycles. The van der Waals surface area contributed by atoms with Crippen LogP contribution in [-0.4, -0.2) is 11.9 Å². The van der Waals surface area contributed by atoms with Gasteiger partial charge in [-0.05, 0) is 73.5 Å². The summed E-state index contributed by atoms with van der Waals surface area (Å²) in [4.78, 5) is 15.0. The molecule has 2 atom stereocenters. The molecule has 2 unspecified atom stereocenters. The van der Waals surface area contributed by atoms with Crippen LogP contribution < -0.4 is 10.2 Å². The van der Waals surface area contributed by atoms with Gasteiger partial charge >= 0.3 is 0 Å². The number of nitrogens with one attached hydrogen (secondary N) is 1. The molecule has 0 aliphatic carbocycles. The molecule has 1 N–H and O–H groups in total. The van der Waals surface area contributed by atoms with E-state index in [1.54, 1.807) is 0 Å². The van der Waals surface area contributed by atoms with Crippen LogP contribution in [0.25, 0.3) is 0 Å². The minimum atomic E-state index is -0.351. The Balaban J connectivity index is 1.67. The van der Waals surface area contributed by atoms with Crippen LogP contribution in [0.3, 0.4) is 0 Å². The van der Waals surface area contributed by atoms with Crippen molar-refractivity contribution in [3.05, 3.63) is 94.8 Å². The molecule has 1 amide bonds. The van der Waals surface area contributed by atoms with Gasteiger partial charge in [0, 0.05) is 28.0 Å². The van der Waals surface area contributed by atoms with E-state index in [2.05, 4.69) is 5.32 Å². The van der Waals surface area contributed by atoms with E-state index < -0.39 is 0 Å². The third-order valence-corrected chi connectivity index (χ3v) is 5.34. The van der Waals surface area contributed by atoms with E-state index in [0.717, 1.165) is 23.4 Å². The quantitative estimate of drug-likeness (QED) is 0.584. The number of halogens is 2. The molecule has 3 aromatic rings. The van der Waals surface area contributed by atoms with Gasteiger partial charge in [-0.3, -0.25) is 4.79 Å². The van der Waals surface area contributed by atoms with Crippen LogP contribution in [-0.2, 0) is 0 Å². The first-order valence-electron chi connectivity index (χ1n) is 9.23. The Kier molecular flexibility index (Phi) is 5.05. The standard InChI is InChI=1S/C23H20ClFN2O/c1-15-14-21(26-19-12-8-17(24)9-13-19)20-4-2-3-5-22(20)27(15)23(28)16-6-10-18(25)11-7-16/h2-13,15,21,26H,14H2,1H3. The van der Waals surface area contributed by atoms with Crippen molar-refractivity contribution in [2.75, 3.05) is 10.2 Å². The molecular weight excluding hydrogens is 375 g/mol. The maximum absolute atomic E-state index is 13.2. The molecule has 0 radical (unpaired) electrons. The number of hydrogen-bond acceptors (Lipinski definition) is 2. The van der Waals surface area contributed by atoms with E-state index in [-0.39, 0.29) is 23.8 Å². The van der Waals surface area contributed by atoms with Gasteiger partial charge in [-0.15, -0.1) is 0 Å². The van der Waals surface area contributed by atoms with Gasteiger partial charge in [0.1, 0.15) is 5.82 Å². The predicted octanol–water partition coefficient (Wildman–Crippen LogP) is 6.07. The summed E-state index contributed by atoms with van der Waals surface area (Å²) in [6.45, 7) is 2.04. The van der Waals surface area contributed by atoms with Crippen molar-refractivity contribution in [3.8, 4) is 0 Å². The first-order chi connectivity index (χ1) is 13.5. The number of fused-ring (bicyclic) bond motifs is 1. The van der Waals surface area contributed by atoms with E-state index in [1.165, 1.54) is 24.3 Å². The Hall–Kier alpha value is -2.85. The van der Waals surface area contributed by atoms with Crippen LogP contribution in [0.5, 0.6) is 0 Å². The highest BCUT2D eigenvalue weighted by molar-refractivity contribution is 6.30. The molecule has 4 rings (SSSR count). The third-order valence-electron chi connectivity index (χ3n) is 5.08. The van der Waals surface area contributed by atoms with E-state index in [4.69, 9.17) is 11.6 Å². The zero-order valence-electron chi connectivity index (χ0n) is 15.4. The largest absolute Gasteiger partial charge is 0.378 e. The second kappa shape index (κ2) is 7.64. The molecule has 5 heteroatoms. The van der Waals surface area contributed by atoms with Crippen LogP contribution in [0.2, 0.25) is 5.02 Å². The number of amides is 1. The lowest BCUT2D eigenvalue weighted by atomic mass is 9.90. The van der Waals surface area contributed by atoms with Crippen LogP contribution >= 0.6 is 11.6 Å². The average molecular weight is 395 g/mol. The monoisotopic (exact) mass is 394 g/mol. The first-order valence-corrected chi connectivity index (χ1v) is 9.61. The molecule has 0 spiro atoms. The second-order valence-corrected chi connectivity index (χ2v) is 7.47. The summed E-state index contributed by atoms with van der Waals surface area (Å²) in [6.07, 6.45) is 0.757. The van der Waals surface area contributed by atoms with Gasteiger partial charge in [-0.1, -0.05) is 29.8 Å². The summed E-state index contributed by atoms with van der Waals surface area (Å²) in [5.74, 6) is -0.472. The Labute approximate surface area is 168 Å². The number of hydrogen-bond donors (Lipinski definition) is 1. The van der Waals surface area contributed by atoms with E-state index in [1.807, 2.05) is 60.4 Å². The van der Waals surface area contributed by atoms with Gasteiger partial charge < -0.3 is 10.2 Å². The van der Waals surface area contributed by atoms with Gasteiger partial charge in [-0.25, -0.2) is 4.39 Å². The van der Waals surface area contributed by atoms with Crippen molar-refractivity contribution >= 4 is 28.9 Å². The van der Waals surface area contributed by atoms with Crippen molar-refractivity contribution in [1.29, 1.82) is 0 Å². The number of benzene rings is 3. The van der Waals surface area contributed by atoms with Gasteiger partial charge in [0.15, 0.2) is 0 Å². The minimum Gasteiger partial charge on any atom is -0.378 e. The van der Waals surface area contributed by atoms with E-state index in [0.29, 0.717) is 10.6 Å². The smallest absolute Gasteiger partial charge is 0.258 e. The minimum absolute atomic E-state index is 0.0164. The molecule has 1 aliphatic heterocycles. The molecule has 28 heavy (non-hydrogen) atoms. The van der Waals surface area contributed by atoms with E-state index in [9.17, 15) is 9.18 Å². The lowest BCUT2D eigenvalue weighted by Gasteiger charge is -2.40. The first kappa shape index (κ1) is 18.5. The summed E-state index contributed by atoms with van der Waals surface area (Å²) in [6, 6.07) is 21.3. The highest BCUT2D eigenvalue weighted by atomic mass is 35.5. The Bertz CT molecular complexity index is 988. The molecule has 0 saturated carbocycles. The number of carbonyl (C=O) groups excluding carboxylic acids is 1. The molecule has 1 aliphatic rings. The third kappa shape index (κ3) is 3.60. The molecule has 0 saturated heterocycles. The lowest BCUT2D eigenvalue weighted by molar-refractivity contribution is 0.0974. The van der Waals surface area contributed by atoms with Crippen molar-refractivity contribution in [1.82, 2.24) is 0 Å². The molecule has 142 valence electrons. The summed E-state index contributed by atoms with van der Waals surface area (Å²) in [5, 5.41) is 4.25. The van der Waals surface area contributed by atoms with Crippen LogP contribution in [0.1, 0.15) is 35.3 Å². The highest BCUT2D eigenvalue weighted by Crippen LogP contribution is 2.39. The SMILES string of the molecule is CC1CC(Nc2ccc(Cl)cc2)c2ccccc2N1C(=O)c1ccc(F)cc1. The molecule has 0 aromatic heterocycles. The van der Waals surface area contributed by atoms with E-state index >= 15 is 0 Å². The fraction of sp³-hybridized carbons (Fsp3) is 0.174. The van der Waals surface area contributed by atoms with Gasteiger partial charge in [0.2, 0.25) is 0 Å². The lowest BCUT2D eigenvalue weighted by Crippen LogP contribution is -2.44. The molecule has 1 heterocycles.